The number of esters is 2. The van der Waals surface area contributed by atoms with Gasteiger partial charge in [-0.05, 0) is 50.9 Å². The Bertz CT molecular complexity index is 1500. The van der Waals surface area contributed by atoms with E-state index in [9.17, 15) is 70.6 Å². The molecule has 348 valence electrons. The Hall–Kier alpha value is -2.49. The quantitative estimate of drug-likeness (QED) is 0.0356. The minimum Gasteiger partial charge on any atom is -0.481 e. The number of allylic oxidation sites excluding steroid dienone is 1. The van der Waals surface area contributed by atoms with Gasteiger partial charge < -0.3 is 94.4 Å². The molecular formula is C39H61O22+. The van der Waals surface area contributed by atoms with Gasteiger partial charge in [-0.25, -0.2) is 4.79 Å². The number of aliphatic hydroxyl groups excluding tert-OH is 11. The maximum Gasteiger partial charge on any atom is 0.330 e. The van der Waals surface area contributed by atoms with Crippen LogP contribution in [-0.4, -0.2) is 213 Å². The molecule has 3 heterocycles. The summed E-state index contributed by atoms with van der Waals surface area (Å²) in [6, 6.07) is 0. The highest BCUT2D eigenvalue weighted by atomic mass is 16.7. The summed E-state index contributed by atoms with van der Waals surface area (Å²) in [5.74, 6) is -4.57. The van der Waals surface area contributed by atoms with Gasteiger partial charge in [-0.3, -0.25) is 9.59 Å². The first-order chi connectivity index (χ1) is 28.9. The highest BCUT2D eigenvalue weighted by Gasteiger charge is 2.57. The van der Waals surface area contributed by atoms with Crippen molar-refractivity contribution in [2.45, 2.75) is 181 Å². The smallest absolute Gasteiger partial charge is 0.330 e. The molecule has 0 radical (unpaired) electrons. The molecule has 0 amide bonds. The number of ether oxygens (including phenoxy) is 7. The zero-order chi connectivity index (χ0) is 44.3. The molecule has 22 unspecified atom stereocenters. The van der Waals surface area contributed by atoms with Gasteiger partial charge in [0.05, 0.1) is 42.5 Å². The fraction of sp³-hybridized carbons (Fsp3) is 0.872. The van der Waals surface area contributed by atoms with Crippen molar-refractivity contribution in [2.24, 2.45) is 17.8 Å². The van der Waals surface area contributed by atoms with Crippen molar-refractivity contribution in [1.29, 1.82) is 0 Å². The standard InChI is InChI=1S/C39H60O22/c40-17-9-23-18(24(10-17)58-38-35(53)33(51)32(50)27(60-38)14-56-30(48)12-28(45)46)11-25(37(57-23)16-3-5-20(42)22(44)8-16)59-39-36(54)34(52)31(49)26(61-39)13-55-29(47)6-2-15-1-4-19(41)21(43)7-15/h2,6,15-27,31-44,49-54H,1,3-5,7-14H2,(H,45,46)/p+1. The van der Waals surface area contributed by atoms with Gasteiger partial charge in [0.2, 0.25) is 0 Å². The van der Waals surface area contributed by atoms with E-state index >= 15 is 0 Å². The average Bonchev–Trinajstić information content (AvgIpc) is 3.21. The summed E-state index contributed by atoms with van der Waals surface area (Å²) < 4.78 is 39.5. The molecule has 0 aromatic rings. The Morgan fingerprint density at radius 1 is 0.607 bits per heavy atom. The van der Waals surface area contributed by atoms with Gasteiger partial charge in [-0.2, -0.15) is 0 Å². The highest BCUT2D eigenvalue weighted by molar-refractivity contribution is 5.90. The van der Waals surface area contributed by atoms with Crippen molar-refractivity contribution >= 4 is 17.9 Å². The second kappa shape index (κ2) is 21.0. The molecule has 22 nitrogen and oxygen atoms in total. The van der Waals surface area contributed by atoms with E-state index in [2.05, 4.69) is 0 Å². The van der Waals surface area contributed by atoms with Crippen molar-refractivity contribution in [1.82, 2.24) is 0 Å². The summed E-state index contributed by atoms with van der Waals surface area (Å²) in [5.41, 5.74) is 0. The molecule has 3 aliphatic heterocycles. The van der Waals surface area contributed by atoms with Gasteiger partial charge in [-0.1, -0.05) is 6.08 Å². The Kier molecular flexibility index (Phi) is 16.5. The summed E-state index contributed by atoms with van der Waals surface area (Å²) in [7, 11) is 0. The lowest BCUT2D eigenvalue weighted by Crippen LogP contribution is -2.64. The van der Waals surface area contributed by atoms with Crippen LogP contribution in [0.15, 0.2) is 12.2 Å². The second-order valence-corrected chi connectivity index (χ2v) is 17.3. The predicted octanol–water partition coefficient (Wildman–Crippen LogP) is -5.03. The van der Waals surface area contributed by atoms with Crippen LogP contribution in [0.2, 0.25) is 0 Å². The Labute approximate surface area is 350 Å². The first kappa shape index (κ1) is 48.0. The van der Waals surface area contributed by atoms with Crippen LogP contribution in [0.4, 0.5) is 0 Å². The molecule has 13 N–H and O–H groups in total. The maximum absolute atomic E-state index is 12.6. The molecule has 6 aliphatic rings. The topological polar surface area (TPSA) is 362 Å². The van der Waals surface area contributed by atoms with Crippen molar-refractivity contribution in [3.05, 3.63) is 12.2 Å². The van der Waals surface area contributed by atoms with Crippen LogP contribution in [-0.2, 0) is 42.8 Å². The third kappa shape index (κ3) is 11.8. The van der Waals surface area contributed by atoms with E-state index in [1.54, 1.807) is 6.08 Å². The Balaban J connectivity index is 1.16. The summed E-state index contributed by atoms with van der Waals surface area (Å²) in [6.07, 6.45) is -21.1. The summed E-state index contributed by atoms with van der Waals surface area (Å²) in [4.78, 5) is 35.4. The van der Waals surface area contributed by atoms with E-state index in [1.165, 1.54) is 0 Å². The molecule has 0 aromatic carbocycles. The molecule has 3 saturated carbocycles. The van der Waals surface area contributed by atoms with Crippen LogP contribution >= 0.6 is 0 Å². The number of hydrogen-bond acceptors (Lipinski definition) is 20. The van der Waals surface area contributed by atoms with Crippen LogP contribution in [0.5, 0.6) is 0 Å². The molecule has 0 bridgehead atoms. The minimum atomic E-state index is -1.85. The number of carboxylic acid groups (broad SMARTS) is 1. The summed E-state index contributed by atoms with van der Waals surface area (Å²) in [5, 5.41) is 125. The third-order valence-corrected chi connectivity index (χ3v) is 12.9. The molecule has 22 heteroatoms. The molecule has 6 fully saturated rings. The fourth-order valence-electron chi connectivity index (χ4n) is 9.43. The first-order valence-electron chi connectivity index (χ1n) is 20.9. The number of aliphatic hydroxyl groups is 13. The zero-order valence-electron chi connectivity index (χ0n) is 33.3. The van der Waals surface area contributed by atoms with Gasteiger partial charge in [0.1, 0.15) is 74.6 Å². The fourth-order valence-corrected chi connectivity index (χ4v) is 9.43. The van der Waals surface area contributed by atoms with Gasteiger partial charge in [0.15, 0.2) is 24.8 Å². The van der Waals surface area contributed by atoms with E-state index in [-0.39, 0.29) is 50.4 Å². The summed E-state index contributed by atoms with van der Waals surface area (Å²) >= 11 is 0. The molecule has 6 rings (SSSR count). The monoisotopic (exact) mass is 881 g/mol. The van der Waals surface area contributed by atoms with Crippen LogP contribution in [0, 0.1) is 17.8 Å². The van der Waals surface area contributed by atoms with Gasteiger partial charge in [0, 0.05) is 24.8 Å². The Morgan fingerprint density at radius 3 is 1.77 bits per heavy atom. The number of carbonyl (C=O) groups excluding carboxylic acids is 2. The lowest BCUT2D eigenvalue weighted by molar-refractivity contribution is -0.367. The predicted molar refractivity (Wildman–Crippen MR) is 198 cm³/mol. The molecular weight excluding hydrogens is 820 g/mol. The number of aliphatic carboxylic acids is 1. The van der Waals surface area contributed by atoms with Crippen molar-refractivity contribution in [3.63, 3.8) is 0 Å². The SMILES string of the molecule is O=C(O)CC(=O)OCC1OC(OC2CC(O)CC3[OH+]C(C4CCC(O)C(O)C4)C(OC4OC(COC(=O)C=CC5CCC(O)C(O)C5)C(O)C(O)C4O)CC23)C(O)C(O)C1O. The van der Waals surface area contributed by atoms with Crippen molar-refractivity contribution in [3.8, 4) is 0 Å². The van der Waals surface area contributed by atoms with Gasteiger partial charge in [0.25, 0.3) is 0 Å². The highest BCUT2D eigenvalue weighted by Crippen LogP contribution is 2.44. The zero-order valence-corrected chi connectivity index (χ0v) is 33.3. The van der Waals surface area contributed by atoms with Crippen molar-refractivity contribution in [2.75, 3.05) is 13.2 Å². The largest absolute Gasteiger partial charge is 0.481 e. The average molecular weight is 882 g/mol. The van der Waals surface area contributed by atoms with Crippen LogP contribution in [0.1, 0.15) is 64.2 Å². The van der Waals surface area contributed by atoms with E-state index < -0.39 is 160 Å². The normalized spacial score (nSPS) is 47.0. The van der Waals surface area contributed by atoms with Crippen molar-refractivity contribution < 1.29 is 109 Å². The van der Waals surface area contributed by atoms with E-state index in [0.717, 1.165) is 6.08 Å². The van der Waals surface area contributed by atoms with Gasteiger partial charge >= 0.3 is 17.9 Å². The number of hydrogen-bond donors (Lipinski definition) is 12. The minimum absolute atomic E-state index is 0.0233. The van der Waals surface area contributed by atoms with Gasteiger partial charge in [-0.15, -0.1) is 0 Å². The molecule has 3 saturated heterocycles. The molecule has 3 aliphatic carbocycles. The first-order valence-corrected chi connectivity index (χ1v) is 20.9. The third-order valence-electron chi connectivity index (χ3n) is 12.9. The molecule has 0 aromatic heterocycles. The molecule has 61 heavy (non-hydrogen) atoms. The van der Waals surface area contributed by atoms with Crippen LogP contribution < -0.4 is 0 Å². The second-order valence-electron chi connectivity index (χ2n) is 17.3. The van der Waals surface area contributed by atoms with E-state index in [4.69, 9.17) is 38.3 Å². The van der Waals surface area contributed by atoms with E-state index in [0.29, 0.717) is 19.3 Å². The van der Waals surface area contributed by atoms with Crippen LogP contribution in [0.25, 0.3) is 0 Å². The number of carbonyl (C=O) groups is 3. The van der Waals surface area contributed by atoms with Crippen LogP contribution in [0.3, 0.4) is 0 Å². The maximum atomic E-state index is 12.6. The number of carboxylic acids is 1. The molecule has 22 atom stereocenters. The number of rotatable bonds is 13. The lowest BCUT2D eigenvalue weighted by Gasteiger charge is -2.50. The lowest BCUT2D eigenvalue weighted by atomic mass is 9.72. The summed E-state index contributed by atoms with van der Waals surface area (Å²) in [6.45, 7) is -1.25. The molecule has 0 spiro atoms. The number of fused-ring (bicyclic) bond motifs is 1. The Morgan fingerprint density at radius 2 is 1.18 bits per heavy atom. The van der Waals surface area contributed by atoms with E-state index in [1.807, 2.05) is 0 Å².